The first-order chi connectivity index (χ1) is 12.2. The summed E-state index contributed by atoms with van der Waals surface area (Å²) in [6.45, 7) is 7.83. The van der Waals surface area contributed by atoms with E-state index in [2.05, 4.69) is 58.9 Å². The molecule has 2 aliphatic rings. The fourth-order valence-electron chi connectivity index (χ4n) is 4.79. The number of benzene rings is 1. The second kappa shape index (κ2) is 11.3. The molecular weight excluding hydrogens is 441 g/mol. The van der Waals surface area contributed by atoms with Gasteiger partial charge in [-0.05, 0) is 82.6 Å². The van der Waals surface area contributed by atoms with Gasteiger partial charge in [0.2, 0.25) is 0 Å². The third-order valence-corrected chi connectivity index (χ3v) is 11.0. The van der Waals surface area contributed by atoms with Crippen molar-refractivity contribution >= 4 is 22.1 Å². The van der Waals surface area contributed by atoms with Gasteiger partial charge < -0.3 is 4.74 Å². The van der Waals surface area contributed by atoms with Gasteiger partial charge in [0, 0.05) is 11.3 Å². The molecule has 1 aromatic carbocycles. The molecule has 0 atom stereocenters. The van der Waals surface area contributed by atoms with Gasteiger partial charge in [0.25, 0.3) is 0 Å². The van der Waals surface area contributed by atoms with Gasteiger partial charge in [-0.2, -0.15) is 6.66 Å². The Labute approximate surface area is 170 Å². The molecule has 4 heteroatoms. The van der Waals surface area contributed by atoms with Crippen molar-refractivity contribution in [3.8, 4) is 5.75 Å². The van der Waals surface area contributed by atoms with Gasteiger partial charge >= 0.3 is 27.7 Å². The maximum absolute atomic E-state index is 5.66. The first kappa shape index (κ1) is 21.7. The zero-order valence-corrected chi connectivity index (χ0v) is 18.7. The third-order valence-electron chi connectivity index (χ3n) is 6.08. The average Bonchev–Trinajstić information content (AvgIpc) is 2.71. The maximum atomic E-state index is 5.66. The van der Waals surface area contributed by atoms with Crippen LogP contribution in [0.4, 0.5) is 0 Å². The van der Waals surface area contributed by atoms with Crippen LogP contribution in [0.2, 0.25) is 0 Å². The van der Waals surface area contributed by atoms with Crippen LogP contribution in [0.25, 0.3) is 0 Å². The van der Waals surface area contributed by atoms with Gasteiger partial charge in [0.15, 0.2) is 0 Å². The average molecular weight is 474 g/mol. The molecule has 0 spiro atoms. The van der Waals surface area contributed by atoms with Gasteiger partial charge in [-0.1, -0.05) is 20.1 Å². The van der Waals surface area contributed by atoms with Crippen molar-refractivity contribution in [3.63, 3.8) is 0 Å². The molecule has 2 fully saturated rings. The number of rotatable bonds is 5. The molecule has 0 saturated heterocycles. The Bertz CT molecular complexity index is 463. The fraction of sp³-hybridized carbons (Fsp3) is 0.667. The van der Waals surface area contributed by atoms with Crippen LogP contribution < -0.4 is 10.0 Å². The Kier molecular flexibility index (Phi) is 9.80. The summed E-state index contributed by atoms with van der Waals surface area (Å²) in [7, 11) is 3.17. The molecule has 0 aliphatic heterocycles. The molecule has 0 N–H and O–H groups in total. The molecular formula is C21H33ClOPPd+. The van der Waals surface area contributed by atoms with Crippen LogP contribution in [0.5, 0.6) is 5.75 Å². The van der Waals surface area contributed by atoms with Crippen molar-refractivity contribution in [1.82, 2.24) is 0 Å². The van der Waals surface area contributed by atoms with E-state index in [4.69, 9.17) is 11.4 Å². The molecule has 2 aliphatic carbocycles. The van der Waals surface area contributed by atoms with Crippen molar-refractivity contribution in [1.29, 1.82) is 0 Å². The Balaban J connectivity index is 0.00000109. The van der Waals surface area contributed by atoms with Crippen LogP contribution in [-0.4, -0.2) is 17.9 Å². The van der Waals surface area contributed by atoms with E-state index in [0.717, 1.165) is 23.7 Å². The van der Waals surface area contributed by atoms with Crippen LogP contribution in [0.1, 0.15) is 71.1 Å². The SMILES string of the molecule is [CH2-][P+](c1ccc(OCC)cc1)(C1CCCCC1)C1CCCCC1.[Cl][Pd+]. The molecule has 0 heterocycles. The molecule has 0 unspecified atom stereocenters. The molecule has 1 nitrogen and oxygen atoms in total. The van der Waals surface area contributed by atoms with Gasteiger partial charge in [-0.15, -0.1) is 0 Å². The number of hydrogen-bond acceptors (Lipinski definition) is 1. The van der Waals surface area contributed by atoms with Gasteiger partial charge in [0.05, 0.1) is 11.9 Å². The van der Waals surface area contributed by atoms with Gasteiger partial charge in [0.1, 0.15) is 5.75 Å². The van der Waals surface area contributed by atoms with E-state index in [1.165, 1.54) is 64.2 Å². The normalized spacial score (nSPS) is 19.9. The Morgan fingerprint density at radius 3 is 1.76 bits per heavy atom. The van der Waals surface area contributed by atoms with Crippen molar-refractivity contribution in [2.24, 2.45) is 0 Å². The summed E-state index contributed by atoms with van der Waals surface area (Å²) in [6, 6.07) is 9.08. The van der Waals surface area contributed by atoms with Crippen molar-refractivity contribution < 1.29 is 22.9 Å². The minimum atomic E-state index is -1.32. The summed E-state index contributed by atoms with van der Waals surface area (Å²) in [6.07, 6.45) is 14.2. The van der Waals surface area contributed by atoms with E-state index in [0.29, 0.717) is 0 Å². The van der Waals surface area contributed by atoms with E-state index < -0.39 is 7.26 Å². The predicted molar refractivity (Wildman–Crippen MR) is 109 cm³/mol. The van der Waals surface area contributed by atoms with E-state index in [-0.39, 0.29) is 0 Å². The quantitative estimate of drug-likeness (QED) is 0.257. The first-order valence-electron chi connectivity index (χ1n) is 9.83. The van der Waals surface area contributed by atoms with Crippen molar-refractivity contribution in [2.45, 2.75) is 82.4 Å². The van der Waals surface area contributed by atoms with E-state index >= 15 is 0 Å². The summed E-state index contributed by atoms with van der Waals surface area (Å²) in [4.78, 5) is 0. The molecule has 144 valence electrons. The molecule has 3 rings (SSSR count). The number of ether oxygens (including phenoxy) is 1. The zero-order chi connectivity index (χ0) is 18.1. The topological polar surface area (TPSA) is 9.23 Å². The fourth-order valence-corrected chi connectivity index (χ4v) is 9.51. The standard InChI is InChI=1S/C21H33OP.ClH.Pd/c1-3-22-18-14-16-21(17-15-18)23(2,19-10-6-4-7-11-19)20-12-8-5-9-13-20;;/h14-17,19-20H,2-13H2,1H3;1H;/q;;+2/p-1. The Hall–Kier alpha value is 0.402. The first-order valence-corrected chi connectivity index (χ1v) is 13.9. The van der Waals surface area contributed by atoms with Crippen molar-refractivity contribution in [2.75, 3.05) is 6.61 Å². The van der Waals surface area contributed by atoms with Gasteiger partial charge in [-0.3, -0.25) is 0 Å². The third kappa shape index (κ3) is 5.45. The van der Waals surface area contributed by atoms with E-state index in [1.807, 2.05) is 0 Å². The van der Waals surface area contributed by atoms with Crippen LogP contribution in [0.15, 0.2) is 24.3 Å². The van der Waals surface area contributed by atoms with Crippen LogP contribution in [0, 0.1) is 6.66 Å². The summed E-state index contributed by atoms with van der Waals surface area (Å²) in [5.41, 5.74) is 1.74. The summed E-state index contributed by atoms with van der Waals surface area (Å²) in [5.74, 6) is 1.01. The molecule has 2 saturated carbocycles. The summed E-state index contributed by atoms with van der Waals surface area (Å²) >= 11 is 2.22. The zero-order valence-electron chi connectivity index (χ0n) is 15.5. The summed E-state index contributed by atoms with van der Waals surface area (Å²) in [5, 5.41) is 1.57. The van der Waals surface area contributed by atoms with Crippen LogP contribution >= 0.6 is 16.8 Å². The van der Waals surface area contributed by atoms with Gasteiger partial charge in [-0.25, -0.2) is 0 Å². The Morgan fingerprint density at radius 1 is 0.920 bits per heavy atom. The predicted octanol–water partition coefficient (Wildman–Crippen LogP) is 6.87. The molecule has 0 radical (unpaired) electrons. The molecule has 0 amide bonds. The minimum absolute atomic E-state index is 0.745. The summed E-state index contributed by atoms with van der Waals surface area (Å²) < 4.78 is 5.66. The second-order valence-electron chi connectivity index (χ2n) is 7.44. The Morgan fingerprint density at radius 2 is 1.36 bits per heavy atom. The number of hydrogen-bond donors (Lipinski definition) is 0. The number of halogens is 1. The van der Waals surface area contributed by atoms with Crippen molar-refractivity contribution in [3.05, 3.63) is 30.9 Å². The van der Waals surface area contributed by atoms with Crippen LogP contribution in [0.3, 0.4) is 0 Å². The molecule has 0 aromatic heterocycles. The van der Waals surface area contributed by atoms with E-state index in [9.17, 15) is 0 Å². The van der Waals surface area contributed by atoms with Crippen LogP contribution in [-0.2, 0) is 18.2 Å². The second-order valence-corrected chi connectivity index (χ2v) is 11.3. The van der Waals surface area contributed by atoms with E-state index in [1.54, 1.807) is 5.30 Å². The molecule has 1 aromatic rings. The monoisotopic (exact) mass is 473 g/mol. The molecule has 0 bridgehead atoms. The molecule has 25 heavy (non-hydrogen) atoms.